The molecule has 1 saturated heterocycles. The minimum atomic E-state index is 0.506. The zero-order valence-corrected chi connectivity index (χ0v) is 16.6. The third kappa shape index (κ3) is 3.34. The van der Waals surface area contributed by atoms with Gasteiger partial charge < -0.3 is 10.2 Å². The third-order valence-electron chi connectivity index (χ3n) is 5.22. The molecule has 29 heavy (non-hydrogen) atoms. The molecule has 1 aliphatic rings. The van der Waals surface area contributed by atoms with Gasteiger partial charge in [-0.3, -0.25) is 0 Å². The van der Waals surface area contributed by atoms with Gasteiger partial charge in [0.15, 0.2) is 5.82 Å². The SMILES string of the molecule is N#Cc1cc2c(nc1NCc1ccccc1)sc1c(N3CCCCC3)nnnc12. The normalized spacial score (nSPS) is 14.2. The fourth-order valence-electron chi connectivity index (χ4n) is 3.73. The second kappa shape index (κ2) is 7.60. The quantitative estimate of drug-likeness (QED) is 0.550. The number of hydrogen-bond acceptors (Lipinski definition) is 8. The summed E-state index contributed by atoms with van der Waals surface area (Å²) in [6.45, 7) is 2.59. The van der Waals surface area contributed by atoms with Crippen LogP contribution in [0.15, 0.2) is 36.4 Å². The number of nitriles is 1. The molecule has 1 fully saturated rings. The predicted molar refractivity (Wildman–Crippen MR) is 115 cm³/mol. The second-order valence-corrected chi connectivity index (χ2v) is 8.13. The van der Waals surface area contributed by atoms with Crippen LogP contribution in [0.25, 0.3) is 20.4 Å². The van der Waals surface area contributed by atoms with E-state index in [1.165, 1.54) is 19.3 Å². The van der Waals surface area contributed by atoms with E-state index in [-0.39, 0.29) is 0 Å². The number of piperidine rings is 1. The average molecular weight is 401 g/mol. The molecule has 0 bridgehead atoms. The first kappa shape index (κ1) is 17.8. The molecule has 1 aliphatic heterocycles. The molecule has 3 aromatic heterocycles. The van der Waals surface area contributed by atoms with Gasteiger partial charge in [0.1, 0.15) is 26.9 Å². The molecule has 0 aliphatic carbocycles. The molecule has 4 aromatic rings. The summed E-state index contributed by atoms with van der Waals surface area (Å²) in [5.41, 5.74) is 2.42. The molecule has 0 atom stereocenters. The van der Waals surface area contributed by atoms with Gasteiger partial charge in [0.05, 0.1) is 5.56 Å². The average Bonchev–Trinajstić information content (AvgIpc) is 3.15. The minimum Gasteiger partial charge on any atom is -0.365 e. The van der Waals surface area contributed by atoms with Gasteiger partial charge in [-0.2, -0.15) is 5.26 Å². The molecule has 1 N–H and O–H groups in total. The summed E-state index contributed by atoms with van der Waals surface area (Å²) in [5, 5.41) is 26.4. The van der Waals surface area contributed by atoms with Gasteiger partial charge in [-0.05, 0) is 36.1 Å². The topological polar surface area (TPSA) is 90.6 Å². The van der Waals surface area contributed by atoms with Crippen LogP contribution in [0.1, 0.15) is 30.4 Å². The number of thiophene rings is 1. The summed E-state index contributed by atoms with van der Waals surface area (Å²) in [7, 11) is 0. The molecule has 7 nitrogen and oxygen atoms in total. The smallest absolute Gasteiger partial charge is 0.172 e. The molecule has 144 valence electrons. The van der Waals surface area contributed by atoms with Crippen molar-refractivity contribution in [3.63, 3.8) is 0 Å². The van der Waals surface area contributed by atoms with E-state index in [4.69, 9.17) is 4.98 Å². The Morgan fingerprint density at radius 1 is 1.10 bits per heavy atom. The number of hydrogen-bond donors (Lipinski definition) is 1. The fraction of sp³-hybridized carbons (Fsp3) is 0.286. The Morgan fingerprint density at radius 2 is 1.93 bits per heavy atom. The maximum atomic E-state index is 9.66. The van der Waals surface area contributed by atoms with Crippen LogP contribution in [-0.2, 0) is 6.54 Å². The Bertz CT molecular complexity index is 1210. The highest BCUT2D eigenvalue weighted by Crippen LogP contribution is 2.38. The summed E-state index contributed by atoms with van der Waals surface area (Å²) in [6, 6.07) is 14.2. The van der Waals surface area contributed by atoms with Gasteiger partial charge in [0, 0.05) is 25.0 Å². The van der Waals surface area contributed by atoms with Crippen molar-refractivity contribution in [2.45, 2.75) is 25.8 Å². The number of pyridine rings is 1. The van der Waals surface area contributed by atoms with E-state index in [0.29, 0.717) is 17.9 Å². The molecule has 4 heterocycles. The third-order valence-corrected chi connectivity index (χ3v) is 6.31. The van der Waals surface area contributed by atoms with Crippen LogP contribution in [0, 0.1) is 11.3 Å². The Hall–Kier alpha value is -3.31. The summed E-state index contributed by atoms with van der Waals surface area (Å²) in [5.74, 6) is 1.48. The molecular weight excluding hydrogens is 382 g/mol. The van der Waals surface area contributed by atoms with Gasteiger partial charge in [-0.1, -0.05) is 30.3 Å². The number of benzene rings is 1. The highest BCUT2D eigenvalue weighted by Gasteiger charge is 2.21. The van der Waals surface area contributed by atoms with Crippen molar-refractivity contribution in [3.8, 4) is 6.07 Å². The maximum Gasteiger partial charge on any atom is 0.172 e. The van der Waals surface area contributed by atoms with E-state index in [9.17, 15) is 5.26 Å². The highest BCUT2D eigenvalue weighted by atomic mass is 32.1. The van der Waals surface area contributed by atoms with Crippen molar-refractivity contribution in [1.29, 1.82) is 5.26 Å². The van der Waals surface area contributed by atoms with Gasteiger partial charge >= 0.3 is 0 Å². The summed E-state index contributed by atoms with van der Waals surface area (Å²) in [4.78, 5) is 7.89. The van der Waals surface area contributed by atoms with E-state index in [1.54, 1.807) is 11.3 Å². The van der Waals surface area contributed by atoms with Crippen molar-refractivity contribution in [2.75, 3.05) is 23.3 Å². The lowest BCUT2D eigenvalue weighted by Gasteiger charge is -2.27. The molecule has 0 unspecified atom stereocenters. The lowest BCUT2D eigenvalue weighted by Crippen LogP contribution is -2.30. The van der Waals surface area contributed by atoms with E-state index in [0.717, 1.165) is 44.9 Å². The van der Waals surface area contributed by atoms with Crippen LogP contribution in [0.3, 0.4) is 0 Å². The van der Waals surface area contributed by atoms with Gasteiger partial charge in [-0.15, -0.1) is 21.5 Å². The number of nitrogens with zero attached hydrogens (tertiary/aromatic N) is 6. The molecule has 0 amide bonds. The largest absolute Gasteiger partial charge is 0.365 e. The first-order chi connectivity index (χ1) is 14.3. The number of anilines is 2. The lowest BCUT2D eigenvalue weighted by molar-refractivity contribution is 0.571. The minimum absolute atomic E-state index is 0.506. The number of fused-ring (bicyclic) bond motifs is 3. The Labute approximate surface area is 172 Å². The molecule has 0 radical (unpaired) electrons. The molecule has 0 saturated carbocycles. The van der Waals surface area contributed by atoms with Crippen LogP contribution in [0.2, 0.25) is 0 Å². The number of rotatable bonds is 4. The van der Waals surface area contributed by atoms with Crippen molar-refractivity contribution >= 4 is 43.4 Å². The summed E-state index contributed by atoms with van der Waals surface area (Å²) in [6.07, 6.45) is 3.59. The van der Waals surface area contributed by atoms with Crippen LogP contribution in [-0.4, -0.2) is 33.5 Å². The van der Waals surface area contributed by atoms with Crippen LogP contribution < -0.4 is 10.2 Å². The van der Waals surface area contributed by atoms with Crippen LogP contribution in [0.5, 0.6) is 0 Å². The molecule has 8 heteroatoms. The van der Waals surface area contributed by atoms with Crippen molar-refractivity contribution in [2.24, 2.45) is 0 Å². The Morgan fingerprint density at radius 3 is 2.72 bits per heavy atom. The first-order valence-electron chi connectivity index (χ1n) is 9.73. The maximum absolute atomic E-state index is 9.66. The molecular formula is C21H19N7S. The highest BCUT2D eigenvalue weighted by molar-refractivity contribution is 7.26. The van der Waals surface area contributed by atoms with Crippen LogP contribution in [0.4, 0.5) is 11.6 Å². The summed E-state index contributed by atoms with van der Waals surface area (Å²) < 4.78 is 0.994. The van der Waals surface area contributed by atoms with Crippen molar-refractivity contribution in [1.82, 2.24) is 20.4 Å². The van der Waals surface area contributed by atoms with Gasteiger partial charge in [0.2, 0.25) is 0 Å². The van der Waals surface area contributed by atoms with E-state index < -0.39 is 0 Å². The molecule has 1 aromatic carbocycles. The second-order valence-electron chi connectivity index (χ2n) is 7.13. The Kier molecular flexibility index (Phi) is 4.66. The zero-order chi connectivity index (χ0) is 19.6. The van der Waals surface area contributed by atoms with Crippen molar-refractivity contribution < 1.29 is 0 Å². The first-order valence-corrected chi connectivity index (χ1v) is 10.5. The van der Waals surface area contributed by atoms with Gasteiger partial charge in [0.25, 0.3) is 0 Å². The predicted octanol–water partition coefficient (Wildman–Crippen LogP) is 4.11. The monoisotopic (exact) mass is 401 g/mol. The van der Waals surface area contributed by atoms with Crippen molar-refractivity contribution in [3.05, 3.63) is 47.5 Å². The van der Waals surface area contributed by atoms with E-state index in [2.05, 4.69) is 31.7 Å². The fourth-order valence-corrected chi connectivity index (χ4v) is 4.84. The Balaban J connectivity index is 1.56. The van der Waals surface area contributed by atoms with E-state index >= 15 is 0 Å². The standard InChI is InChI=1S/C21H19N7S/c22-12-15-11-16-17-18(20(26-27-25-17)28-9-5-2-6-10-28)29-21(16)24-19(15)23-13-14-7-3-1-4-8-14/h1,3-4,7-8,11H,2,5-6,9-10,13H2,(H,23,24). The number of aromatic nitrogens is 4. The molecule has 0 spiro atoms. The van der Waals surface area contributed by atoms with E-state index in [1.807, 2.05) is 36.4 Å². The van der Waals surface area contributed by atoms with Crippen LogP contribution >= 0.6 is 11.3 Å². The lowest BCUT2D eigenvalue weighted by atomic mass is 10.1. The number of nitrogens with one attached hydrogen (secondary N) is 1. The zero-order valence-electron chi connectivity index (χ0n) is 15.8. The van der Waals surface area contributed by atoms with Gasteiger partial charge in [-0.25, -0.2) is 4.98 Å². The molecule has 5 rings (SSSR count). The summed E-state index contributed by atoms with van der Waals surface area (Å²) >= 11 is 1.57.